The number of aromatic amines is 1. The molecule has 0 saturated carbocycles. The van der Waals surface area contributed by atoms with E-state index in [1.807, 2.05) is 54.7 Å². The number of allylic oxidation sites excluding steroid dienone is 2. The SMILES string of the molecule is N#Cc1ccc(/C(=C2/C=CC=N2)c2ccc[nH]2)cc1. The zero-order valence-corrected chi connectivity index (χ0v) is 10.2. The van der Waals surface area contributed by atoms with E-state index < -0.39 is 0 Å². The summed E-state index contributed by atoms with van der Waals surface area (Å²) in [5, 5.41) is 8.86. The molecular formula is C16H11N3. The Morgan fingerprint density at radius 3 is 2.58 bits per heavy atom. The standard InChI is InChI=1S/C16H11N3/c17-11-12-5-7-13(8-6-12)16(14-3-1-9-18-14)15-4-2-10-19-15/h1-10,18H/b16-15+. The predicted molar refractivity (Wildman–Crippen MR) is 75.6 cm³/mol. The predicted octanol–water partition coefficient (Wildman–Crippen LogP) is 3.29. The van der Waals surface area contributed by atoms with Crippen LogP contribution in [0, 0.1) is 11.3 Å². The number of hydrogen-bond acceptors (Lipinski definition) is 2. The van der Waals surface area contributed by atoms with Gasteiger partial charge in [-0.3, -0.25) is 4.99 Å². The fourth-order valence-electron chi connectivity index (χ4n) is 2.09. The van der Waals surface area contributed by atoms with Gasteiger partial charge >= 0.3 is 0 Å². The largest absolute Gasteiger partial charge is 0.361 e. The molecule has 2 aromatic rings. The van der Waals surface area contributed by atoms with Gasteiger partial charge < -0.3 is 4.98 Å². The summed E-state index contributed by atoms with van der Waals surface area (Å²) in [7, 11) is 0. The van der Waals surface area contributed by atoms with E-state index in [1.165, 1.54) is 0 Å². The van der Waals surface area contributed by atoms with Gasteiger partial charge in [0.05, 0.1) is 17.3 Å². The van der Waals surface area contributed by atoms with E-state index in [9.17, 15) is 0 Å². The minimum atomic E-state index is 0.657. The van der Waals surface area contributed by atoms with E-state index in [0.717, 1.165) is 22.5 Å². The smallest absolute Gasteiger partial charge is 0.0991 e. The van der Waals surface area contributed by atoms with Crippen LogP contribution in [0.2, 0.25) is 0 Å². The van der Waals surface area contributed by atoms with Crippen LogP contribution in [-0.4, -0.2) is 11.2 Å². The molecule has 1 aliphatic rings. The van der Waals surface area contributed by atoms with E-state index in [-0.39, 0.29) is 0 Å². The number of hydrogen-bond donors (Lipinski definition) is 1. The molecule has 90 valence electrons. The first kappa shape index (κ1) is 11.2. The molecule has 3 heteroatoms. The highest BCUT2D eigenvalue weighted by Gasteiger charge is 2.12. The first-order valence-electron chi connectivity index (χ1n) is 5.98. The zero-order valence-electron chi connectivity index (χ0n) is 10.2. The normalized spacial score (nSPS) is 15.5. The molecule has 19 heavy (non-hydrogen) atoms. The highest BCUT2D eigenvalue weighted by Crippen LogP contribution is 2.28. The van der Waals surface area contributed by atoms with Gasteiger partial charge in [0.15, 0.2) is 0 Å². The summed E-state index contributed by atoms with van der Waals surface area (Å²) in [6, 6.07) is 13.6. The first-order chi connectivity index (χ1) is 9.38. The molecule has 0 aliphatic carbocycles. The van der Waals surface area contributed by atoms with Crippen molar-refractivity contribution in [2.75, 3.05) is 0 Å². The maximum atomic E-state index is 8.86. The molecule has 1 N–H and O–H groups in total. The van der Waals surface area contributed by atoms with E-state index >= 15 is 0 Å². The van der Waals surface area contributed by atoms with Gasteiger partial charge in [-0.1, -0.05) is 12.1 Å². The van der Waals surface area contributed by atoms with Crippen molar-refractivity contribution in [2.24, 2.45) is 4.99 Å². The molecule has 0 unspecified atom stereocenters. The highest BCUT2D eigenvalue weighted by atomic mass is 14.8. The minimum absolute atomic E-state index is 0.657. The lowest BCUT2D eigenvalue weighted by atomic mass is 9.99. The molecule has 2 heterocycles. The average molecular weight is 245 g/mol. The number of aliphatic imine (C=N–C) groups is 1. The molecule has 3 nitrogen and oxygen atoms in total. The highest BCUT2D eigenvalue weighted by molar-refractivity contribution is 5.88. The summed E-state index contributed by atoms with van der Waals surface area (Å²) >= 11 is 0. The van der Waals surface area contributed by atoms with Crippen molar-refractivity contribution in [2.45, 2.75) is 0 Å². The molecule has 0 saturated heterocycles. The molecule has 0 radical (unpaired) electrons. The van der Waals surface area contributed by atoms with Gasteiger partial charge in [0.2, 0.25) is 0 Å². The molecule has 0 atom stereocenters. The molecule has 1 aromatic heterocycles. The lowest BCUT2D eigenvalue weighted by Crippen LogP contribution is -1.92. The minimum Gasteiger partial charge on any atom is -0.361 e. The molecule has 3 rings (SSSR count). The van der Waals surface area contributed by atoms with Gasteiger partial charge in [-0.15, -0.1) is 0 Å². The van der Waals surface area contributed by atoms with Crippen molar-refractivity contribution in [1.29, 1.82) is 5.26 Å². The van der Waals surface area contributed by atoms with Gasteiger partial charge in [-0.25, -0.2) is 0 Å². The van der Waals surface area contributed by atoms with E-state index in [1.54, 1.807) is 6.21 Å². The molecule has 0 bridgehead atoms. The number of H-pyrrole nitrogens is 1. The van der Waals surface area contributed by atoms with Gasteiger partial charge in [-0.05, 0) is 42.0 Å². The number of nitrogens with one attached hydrogen (secondary N) is 1. The lowest BCUT2D eigenvalue weighted by molar-refractivity contribution is 1.32. The van der Waals surface area contributed by atoms with E-state index in [4.69, 9.17) is 5.26 Å². The second-order valence-electron chi connectivity index (χ2n) is 4.17. The summed E-state index contributed by atoms with van der Waals surface area (Å²) in [5.74, 6) is 0. The topological polar surface area (TPSA) is 51.9 Å². The fraction of sp³-hybridized carbons (Fsp3) is 0. The van der Waals surface area contributed by atoms with Crippen molar-refractivity contribution in [3.8, 4) is 6.07 Å². The van der Waals surface area contributed by atoms with Crippen LogP contribution in [0.4, 0.5) is 0 Å². The number of benzene rings is 1. The van der Waals surface area contributed by atoms with E-state index in [0.29, 0.717) is 5.56 Å². The van der Waals surface area contributed by atoms with Gasteiger partial charge in [-0.2, -0.15) is 5.26 Å². The second kappa shape index (κ2) is 4.79. The number of nitriles is 1. The summed E-state index contributed by atoms with van der Waals surface area (Å²) in [4.78, 5) is 7.58. The van der Waals surface area contributed by atoms with Crippen molar-refractivity contribution in [3.63, 3.8) is 0 Å². The Kier molecular flexibility index (Phi) is 2.83. The second-order valence-corrected chi connectivity index (χ2v) is 4.17. The maximum Gasteiger partial charge on any atom is 0.0991 e. The Bertz CT molecular complexity index is 694. The number of rotatable bonds is 2. The quantitative estimate of drug-likeness (QED) is 0.867. The molecule has 0 amide bonds. The molecule has 1 aromatic carbocycles. The Balaban J connectivity index is 2.15. The van der Waals surface area contributed by atoms with E-state index in [2.05, 4.69) is 16.0 Å². The lowest BCUT2D eigenvalue weighted by Gasteiger charge is -2.08. The summed E-state index contributed by atoms with van der Waals surface area (Å²) < 4.78 is 0. The monoisotopic (exact) mass is 245 g/mol. The van der Waals surface area contributed by atoms with Crippen LogP contribution in [0.3, 0.4) is 0 Å². The Hall–Kier alpha value is -2.86. The third-order valence-electron chi connectivity index (χ3n) is 2.98. The Morgan fingerprint density at radius 2 is 2.00 bits per heavy atom. The van der Waals surface area contributed by atoms with Gasteiger partial charge in [0, 0.05) is 23.7 Å². The first-order valence-corrected chi connectivity index (χ1v) is 5.98. The third kappa shape index (κ3) is 2.12. The molecule has 0 fully saturated rings. The number of nitrogens with zero attached hydrogens (tertiary/aromatic N) is 2. The average Bonchev–Trinajstić information content (AvgIpc) is 3.13. The van der Waals surface area contributed by atoms with Crippen LogP contribution in [0.15, 0.2) is 65.4 Å². The van der Waals surface area contributed by atoms with Gasteiger partial charge in [0.1, 0.15) is 0 Å². The van der Waals surface area contributed by atoms with Crippen LogP contribution in [-0.2, 0) is 0 Å². The van der Waals surface area contributed by atoms with Gasteiger partial charge in [0.25, 0.3) is 0 Å². The van der Waals surface area contributed by atoms with Crippen LogP contribution in [0.5, 0.6) is 0 Å². The fourth-order valence-corrected chi connectivity index (χ4v) is 2.09. The number of aromatic nitrogens is 1. The third-order valence-corrected chi connectivity index (χ3v) is 2.98. The summed E-state index contributed by atoms with van der Waals surface area (Å²) in [5.41, 5.74) is 4.68. The van der Waals surface area contributed by atoms with Crippen molar-refractivity contribution in [1.82, 2.24) is 4.98 Å². The zero-order chi connectivity index (χ0) is 13.1. The maximum absolute atomic E-state index is 8.86. The van der Waals surface area contributed by atoms with Crippen LogP contribution < -0.4 is 0 Å². The summed E-state index contributed by atoms with van der Waals surface area (Å²) in [6.45, 7) is 0. The van der Waals surface area contributed by atoms with Crippen molar-refractivity contribution in [3.05, 3.63) is 77.3 Å². The van der Waals surface area contributed by atoms with Crippen molar-refractivity contribution >= 4 is 11.8 Å². The Morgan fingerprint density at radius 1 is 1.16 bits per heavy atom. The molecular weight excluding hydrogens is 234 g/mol. The Labute approximate surface area is 111 Å². The summed E-state index contributed by atoms with van der Waals surface area (Å²) in [6.07, 6.45) is 7.57. The van der Waals surface area contributed by atoms with Crippen LogP contribution in [0.25, 0.3) is 5.57 Å². The van der Waals surface area contributed by atoms with Crippen LogP contribution in [0.1, 0.15) is 16.8 Å². The van der Waals surface area contributed by atoms with Crippen LogP contribution >= 0.6 is 0 Å². The van der Waals surface area contributed by atoms with Crippen molar-refractivity contribution < 1.29 is 0 Å². The molecule has 1 aliphatic heterocycles. The molecule has 0 spiro atoms.